The van der Waals surface area contributed by atoms with Crippen LogP contribution in [0.15, 0.2) is 12.1 Å². The Hall–Kier alpha value is -1.95. The first kappa shape index (κ1) is 14.5. The van der Waals surface area contributed by atoms with Crippen LogP contribution in [0.25, 0.3) is 0 Å². The molecule has 1 aliphatic heterocycles. The first-order chi connectivity index (χ1) is 9.69. The van der Waals surface area contributed by atoms with Crippen molar-refractivity contribution >= 4 is 5.91 Å². The molecule has 6 heteroatoms. The molecule has 1 fully saturated rings. The van der Waals surface area contributed by atoms with Crippen LogP contribution in [0.2, 0.25) is 0 Å². The molecule has 1 aliphatic rings. The highest BCUT2D eigenvalue weighted by Crippen LogP contribution is 2.38. The maximum atomic E-state index is 12.1. The first-order valence-electron chi connectivity index (χ1n) is 6.48. The summed E-state index contributed by atoms with van der Waals surface area (Å²) in [5, 5.41) is 6.08. The number of nitrogens with one attached hydrogen (secondary N) is 2. The molecule has 2 N–H and O–H groups in total. The standard InChI is InChI=1S/C14H20N2O4/c1-18-11-4-10(5-12(19-2)13(11)20-3)14(17)16-8-9-6-15-7-9/h4-5,9,15H,6-8H2,1-3H3,(H,16,17). The zero-order valence-corrected chi connectivity index (χ0v) is 12.0. The fourth-order valence-corrected chi connectivity index (χ4v) is 2.04. The van der Waals surface area contributed by atoms with E-state index in [2.05, 4.69) is 10.6 Å². The van der Waals surface area contributed by atoms with Gasteiger partial charge >= 0.3 is 0 Å². The predicted octanol–water partition coefficient (Wildman–Crippen LogP) is 0.662. The summed E-state index contributed by atoms with van der Waals surface area (Å²) in [6, 6.07) is 3.30. The number of carbonyl (C=O) groups excluding carboxylic acids is 1. The van der Waals surface area contributed by atoms with Crippen molar-refractivity contribution in [3.8, 4) is 17.2 Å². The number of hydrogen-bond acceptors (Lipinski definition) is 5. The van der Waals surface area contributed by atoms with Gasteiger partial charge in [0.25, 0.3) is 5.91 Å². The van der Waals surface area contributed by atoms with Gasteiger partial charge in [0, 0.05) is 31.1 Å². The number of amides is 1. The number of methoxy groups -OCH3 is 3. The Morgan fingerprint density at radius 3 is 2.20 bits per heavy atom. The molecule has 1 heterocycles. The van der Waals surface area contributed by atoms with E-state index in [-0.39, 0.29) is 5.91 Å². The van der Waals surface area contributed by atoms with Crippen LogP contribution in [-0.4, -0.2) is 46.9 Å². The molecule has 0 aliphatic carbocycles. The molecule has 1 saturated heterocycles. The summed E-state index contributed by atoms with van der Waals surface area (Å²) in [6.07, 6.45) is 0. The molecule has 2 rings (SSSR count). The van der Waals surface area contributed by atoms with Gasteiger partial charge in [-0.3, -0.25) is 4.79 Å². The van der Waals surface area contributed by atoms with Gasteiger partial charge in [-0.15, -0.1) is 0 Å². The number of hydrogen-bond donors (Lipinski definition) is 2. The van der Waals surface area contributed by atoms with Crippen LogP contribution in [0, 0.1) is 5.92 Å². The molecule has 0 saturated carbocycles. The normalized spacial score (nSPS) is 14.3. The van der Waals surface area contributed by atoms with Gasteiger partial charge in [-0.1, -0.05) is 0 Å². The van der Waals surface area contributed by atoms with Crippen LogP contribution < -0.4 is 24.8 Å². The highest BCUT2D eigenvalue weighted by molar-refractivity contribution is 5.95. The van der Waals surface area contributed by atoms with Crippen molar-refractivity contribution in [2.24, 2.45) is 5.92 Å². The van der Waals surface area contributed by atoms with Crippen LogP contribution in [0.4, 0.5) is 0 Å². The predicted molar refractivity (Wildman–Crippen MR) is 74.8 cm³/mol. The molecule has 1 aromatic carbocycles. The Labute approximate surface area is 118 Å². The second kappa shape index (κ2) is 6.47. The fourth-order valence-electron chi connectivity index (χ4n) is 2.04. The quantitative estimate of drug-likeness (QED) is 0.801. The summed E-state index contributed by atoms with van der Waals surface area (Å²) in [6.45, 7) is 2.58. The third-order valence-corrected chi connectivity index (χ3v) is 3.34. The first-order valence-corrected chi connectivity index (χ1v) is 6.48. The van der Waals surface area contributed by atoms with Crippen LogP contribution in [0.5, 0.6) is 17.2 Å². The Kier molecular flexibility index (Phi) is 4.68. The molecule has 1 amide bonds. The average molecular weight is 280 g/mol. The Bertz CT molecular complexity index is 461. The summed E-state index contributed by atoms with van der Waals surface area (Å²) < 4.78 is 15.7. The maximum Gasteiger partial charge on any atom is 0.251 e. The van der Waals surface area contributed by atoms with Crippen LogP contribution >= 0.6 is 0 Å². The minimum Gasteiger partial charge on any atom is -0.493 e. The lowest BCUT2D eigenvalue weighted by atomic mass is 10.0. The van der Waals surface area contributed by atoms with Crippen LogP contribution in [-0.2, 0) is 0 Å². The molecular formula is C14H20N2O4. The second-order valence-corrected chi connectivity index (χ2v) is 4.65. The van der Waals surface area contributed by atoms with Gasteiger partial charge in [0.05, 0.1) is 21.3 Å². The summed E-state index contributed by atoms with van der Waals surface area (Å²) in [5.41, 5.74) is 0.492. The third kappa shape index (κ3) is 2.96. The van der Waals surface area contributed by atoms with E-state index in [9.17, 15) is 4.79 Å². The van der Waals surface area contributed by atoms with Crippen molar-refractivity contribution < 1.29 is 19.0 Å². The lowest BCUT2D eigenvalue weighted by Crippen LogP contribution is -2.48. The number of benzene rings is 1. The van der Waals surface area contributed by atoms with E-state index >= 15 is 0 Å². The molecule has 20 heavy (non-hydrogen) atoms. The largest absolute Gasteiger partial charge is 0.493 e. The van der Waals surface area contributed by atoms with E-state index in [0.717, 1.165) is 13.1 Å². The minimum absolute atomic E-state index is 0.142. The molecule has 0 unspecified atom stereocenters. The molecular weight excluding hydrogens is 260 g/mol. The average Bonchev–Trinajstić information content (AvgIpc) is 2.43. The van der Waals surface area contributed by atoms with Gasteiger partial charge in [0.1, 0.15) is 0 Å². The van der Waals surface area contributed by atoms with Crippen molar-refractivity contribution in [2.45, 2.75) is 0 Å². The zero-order chi connectivity index (χ0) is 14.5. The van der Waals surface area contributed by atoms with Gasteiger partial charge < -0.3 is 24.8 Å². The van der Waals surface area contributed by atoms with Crippen molar-refractivity contribution in [3.05, 3.63) is 17.7 Å². The Balaban J connectivity index is 2.15. The van der Waals surface area contributed by atoms with Crippen LogP contribution in [0.3, 0.4) is 0 Å². The Morgan fingerprint density at radius 2 is 1.80 bits per heavy atom. The molecule has 0 spiro atoms. The van der Waals surface area contributed by atoms with Gasteiger partial charge in [-0.2, -0.15) is 0 Å². The number of ether oxygens (including phenoxy) is 3. The summed E-state index contributed by atoms with van der Waals surface area (Å²) in [7, 11) is 4.59. The van der Waals surface area contributed by atoms with Crippen molar-refractivity contribution in [1.82, 2.24) is 10.6 Å². The molecule has 6 nitrogen and oxygen atoms in total. The van der Waals surface area contributed by atoms with Crippen molar-refractivity contribution in [3.63, 3.8) is 0 Å². The maximum absolute atomic E-state index is 12.1. The molecule has 0 bridgehead atoms. The van der Waals surface area contributed by atoms with E-state index < -0.39 is 0 Å². The van der Waals surface area contributed by atoms with E-state index in [1.165, 1.54) is 21.3 Å². The van der Waals surface area contributed by atoms with E-state index in [1.807, 2.05) is 0 Å². The summed E-state index contributed by atoms with van der Waals surface area (Å²) in [5.74, 6) is 1.80. The van der Waals surface area contributed by atoms with Gasteiger partial charge in [-0.25, -0.2) is 0 Å². The van der Waals surface area contributed by atoms with Gasteiger partial charge in [0.2, 0.25) is 5.75 Å². The lowest BCUT2D eigenvalue weighted by molar-refractivity contribution is 0.0941. The van der Waals surface area contributed by atoms with Gasteiger partial charge in [0.15, 0.2) is 11.5 Å². The molecule has 0 radical (unpaired) electrons. The smallest absolute Gasteiger partial charge is 0.251 e. The van der Waals surface area contributed by atoms with E-state index in [0.29, 0.717) is 35.3 Å². The Morgan fingerprint density at radius 1 is 1.20 bits per heavy atom. The SMILES string of the molecule is COc1cc(C(=O)NCC2CNC2)cc(OC)c1OC. The topological polar surface area (TPSA) is 68.8 Å². The molecule has 0 atom stereocenters. The molecule has 0 aromatic heterocycles. The van der Waals surface area contributed by atoms with E-state index in [4.69, 9.17) is 14.2 Å². The number of carbonyl (C=O) groups is 1. The third-order valence-electron chi connectivity index (χ3n) is 3.34. The number of rotatable bonds is 6. The summed E-state index contributed by atoms with van der Waals surface area (Å²) in [4.78, 5) is 12.1. The highest BCUT2D eigenvalue weighted by Gasteiger charge is 2.20. The molecule has 1 aromatic rings. The van der Waals surface area contributed by atoms with Gasteiger partial charge in [-0.05, 0) is 12.1 Å². The van der Waals surface area contributed by atoms with Crippen molar-refractivity contribution in [1.29, 1.82) is 0 Å². The minimum atomic E-state index is -0.142. The fraction of sp³-hybridized carbons (Fsp3) is 0.500. The zero-order valence-electron chi connectivity index (χ0n) is 12.0. The molecule has 110 valence electrons. The van der Waals surface area contributed by atoms with E-state index in [1.54, 1.807) is 12.1 Å². The second-order valence-electron chi connectivity index (χ2n) is 4.65. The summed E-state index contributed by atoms with van der Waals surface area (Å²) >= 11 is 0. The highest BCUT2D eigenvalue weighted by atomic mass is 16.5. The van der Waals surface area contributed by atoms with Crippen LogP contribution in [0.1, 0.15) is 10.4 Å². The lowest BCUT2D eigenvalue weighted by Gasteiger charge is -2.27. The van der Waals surface area contributed by atoms with Crippen molar-refractivity contribution in [2.75, 3.05) is 41.0 Å². The monoisotopic (exact) mass is 280 g/mol.